The lowest BCUT2D eigenvalue weighted by Gasteiger charge is -2.46. The normalized spacial score (nSPS) is 43.0. The highest BCUT2D eigenvalue weighted by Crippen LogP contribution is 2.59. The molecule has 0 bridgehead atoms. The number of hydrogen-bond acceptors (Lipinski definition) is 4. The second-order valence-corrected chi connectivity index (χ2v) is 11.9. The van der Waals surface area contributed by atoms with Gasteiger partial charge in [0.25, 0.3) is 6.43 Å². The van der Waals surface area contributed by atoms with E-state index in [0.29, 0.717) is 37.0 Å². The first-order valence-electron chi connectivity index (χ1n) is 13.2. The average molecular weight is 480 g/mol. The van der Waals surface area contributed by atoms with Gasteiger partial charge in [0.1, 0.15) is 5.60 Å². The van der Waals surface area contributed by atoms with Crippen LogP contribution in [-0.4, -0.2) is 64.1 Å². The van der Waals surface area contributed by atoms with Gasteiger partial charge in [-0.3, -0.25) is 4.90 Å². The lowest BCUT2D eigenvalue weighted by atomic mass is 9.61. The molecular formula is C28H43F2NO3. The van der Waals surface area contributed by atoms with Crippen molar-refractivity contribution in [3.05, 3.63) is 35.5 Å². The van der Waals surface area contributed by atoms with Crippen LogP contribution in [-0.2, 0) is 0 Å². The third kappa shape index (κ3) is 5.07. The molecule has 0 aromatic carbocycles. The Bertz CT molecular complexity index is 826. The third-order valence-electron chi connectivity index (χ3n) is 9.52. The van der Waals surface area contributed by atoms with Crippen molar-refractivity contribution in [2.45, 2.75) is 95.9 Å². The molecule has 0 aromatic heterocycles. The van der Waals surface area contributed by atoms with Gasteiger partial charge in [-0.2, -0.15) is 0 Å². The summed E-state index contributed by atoms with van der Waals surface area (Å²) in [6.07, 6.45) is 7.84. The van der Waals surface area contributed by atoms with Gasteiger partial charge in [-0.05, 0) is 92.2 Å². The summed E-state index contributed by atoms with van der Waals surface area (Å²) in [7, 11) is 0. The molecule has 7 atom stereocenters. The highest BCUT2D eigenvalue weighted by Gasteiger charge is 2.51. The summed E-state index contributed by atoms with van der Waals surface area (Å²) in [6, 6.07) is 0. The number of likely N-dealkylation sites (tertiary alicyclic amines) is 1. The molecule has 0 radical (unpaired) electrons. The van der Waals surface area contributed by atoms with Crippen LogP contribution in [0, 0.1) is 23.2 Å². The van der Waals surface area contributed by atoms with Crippen LogP contribution in [0.25, 0.3) is 0 Å². The maximum Gasteiger partial charge on any atom is 0.268 e. The van der Waals surface area contributed by atoms with Gasteiger partial charge in [0.2, 0.25) is 0 Å². The van der Waals surface area contributed by atoms with E-state index in [2.05, 4.69) is 37.5 Å². The number of β-amino-alcohol motifs (C(OH)–C–C–N with tert-alkyl or cyclic N) is 1. The minimum atomic E-state index is -2.69. The smallest absolute Gasteiger partial charge is 0.268 e. The van der Waals surface area contributed by atoms with Crippen LogP contribution in [0.15, 0.2) is 35.5 Å². The lowest BCUT2D eigenvalue weighted by Crippen LogP contribution is -2.54. The molecule has 34 heavy (non-hydrogen) atoms. The van der Waals surface area contributed by atoms with Gasteiger partial charge in [-0.25, -0.2) is 8.78 Å². The first kappa shape index (κ1) is 26.0. The van der Waals surface area contributed by atoms with Crippen molar-refractivity contribution in [2.75, 3.05) is 19.6 Å². The number of aliphatic hydroxyl groups is 3. The molecule has 4 fully saturated rings. The van der Waals surface area contributed by atoms with E-state index in [0.717, 1.165) is 49.9 Å². The number of halogens is 2. The fourth-order valence-corrected chi connectivity index (χ4v) is 7.70. The highest BCUT2D eigenvalue weighted by molar-refractivity contribution is 5.38. The topological polar surface area (TPSA) is 63.9 Å². The molecule has 4 aliphatic rings. The summed E-state index contributed by atoms with van der Waals surface area (Å²) in [5.74, 6) is 1.43. The van der Waals surface area contributed by atoms with Crippen molar-refractivity contribution in [3.8, 4) is 0 Å². The minimum Gasteiger partial charge on any atom is -0.393 e. The van der Waals surface area contributed by atoms with Crippen molar-refractivity contribution in [3.63, 3.8) is 0 Å². The molecule has 3 N–H and O–H groups in total. The molecular weight excluding hydrogens is 436 g/mol. The number of hydrogen-bond donors (Lipinski definition) is 3. The first-order valence-corrected chi connectivity index (χ1v) is 13.2. The third-order valence-corrected chi connectivity index (χ3v) is 9.52. The van der Waals surface area contributed by atoms with Gasteiger partial charge < -0.3 is 15.3 Å². The number of fused-ring (bicyclic) bond motifs is 1. The molecule has 1 aliphatic heterocycles. The molecule has 0 amide bonds. The molecule has 1 heterocycles. The van der Waals surface area contributed by atoms with Crippen molar-refractivity contribution in [1.82, 2.24) is 4.90 Å². The average Bonchev–Trinajstić information content (AvgIpc) is 3.13. The number of rotatable bonds is 5. The second kappa shape index (κ2) is 10.1. The van der Waals surface area contributed by atoms with Crippen molar-refractivity contribution < 1.29 is 24.1 Å². The molecule has 4 nitrogen and oxygen atoms in total. The fraction of sp³-hybridized carbons (Fsp3) is 0.786. The van der Waals surface area contributed by atoms with E-state index in [1.165, 1.54) is 12.0 Å². The Hall–Kier alpha value is -1.08. The SMILES string of the molecule is C=C1C(=CC=C2CCC[C@]3(C)[C@@H]([C@H](C)CN4CCCC(O)(C(F)F)C4)CC[C@@H]23)C[C@@H](O)C[C@@H]1O. The van der Waals surface area contributed by atoms with E-state index in [-0.39, 0.29) is 18.4 Å². The number of piperidine rings is 1. The summed E-state index contributed by atoms with van der Waals surface area (Å²) in [5, 5.41) is 30.6. The zero-order chi connectivity index (χ0) is 24.7. The highest BCUT2D eigenvalue weighted by atomic mass is 19.3. The van der Waals surface area contributed by atoms with Crippen LogP contribution >= 0.6 is 0 Å². The van der Waals surface area contributed by atoms with E-state index in [1.54, 1.807) is 0 Å². The molecule has 3 saturated carbocycles. The number of alkyl halides is 2. The number of allylic oxidation sites excluding steroid dienone is 3. The lowest BCUT2D eigenvalue weighted by molar-refractivity contribution is -0.133. The Labute approximate surface area is 203 Å². The van der Waals surface area contributed by atoms with Gasteiger partial charge in [0.05, 0.1) is 12.2 Å². The van der Waals surface area contributed by atoms with Crippen LogP contribution in [0.4, 0.5) is 8.78 Å². The van der Waals surface area contributed by atoms with Crippen LogP contribution in [0.3, 0.4) is 0 Å². The Balaban J connectivity index is 1.45. The van der Waals surface area contributed by atoms with Gasteiger partial charge in [-0.15, -0.1) is 0 Å². The van der Waals surface area contributed by atoms with Gasteiger partial charge in [0.15, 0.2) is 0 Å². The summed E-state index contributed by atoms with van der Waals surface area (Å²) in [6.45, 7) is 10.3. The molecule has 4 rings (SSSR count). The Morgan fingerprint density at radius 3 is 2.68 bits per heavy atom. The predicted molar refractivity (Wildman–Crippen MR) is 131 cm³/mol. The van der Waals surface area contributed by atoms with Crippen LogP contribution in [0.1, 0.15) is 71.6 Å². The van der Waals surface area contributed by atoms with Crippen molar-refractivity contribution in [1.29, 1.82) is 0 Å². The van der Waals surface area contributed by atoms with E-state index in [1.807, 2.05) is 0 Å². The van der Waals surface area contributed by atoms with Crippen molar-refractivity contribution >= 4 is 0 Å². The zero-order valence-corrected chi connectivity index (χ0v) is 20.9. The summed E-state index contributed by atoms with van der Waals surface area (Å²) < 4.78 is 26.8. The van der Waals surface area contributed by atoms with E-state index in [4.69, 9.17) is 0 Å². The maximum absolute atomic E-state index is 13.4. The standard InChI is InChI=1S/C28H43F2NO3/c1-18(16-31-13-5-12-28(34,17-31)26(29)30)23-9-10-24-20(6-4-11-27(23,24)3)7-8-21-14-22(32)15-25(33)19(21)2/h7-8,18,22-26,32-34H,2,4-6,9-17H2,1,3H3/t18-,22-,23-,24+,25+,27-,28?/m1/s1. The monoisotopic (exact) mass is 479 g/mol. The maximum atomic E-state index is 13.4. The fourth-order valence-electron chi connectivity index (χ4n) is 7.70. The Morgan fingerprint density at radius 2 is 1.94 bits per heavy atom. The summed E-state index contributed by atoms with van der Waals surface area (Å²) >= 11 is 0. The van der Waals surface area contributed by atoms with Crippen LogP contribution in [0.2, 0.25) is 0 Å². The first-order chi connectivity index (χ1) is 16.0. The van der Waals surface area contributed by atoms with E-state index < -0.39 is 24.2 Å². The molecule has 192 valence electrons. The molecule has 0 aromatic rings. The molecule has 3 aliphatic carbocycles. The van der Waals surface area contributed by atoms with Gasteiger partial charge >= 0.3 is 0 Å². The predicted octanol–water partition coefficient (Wildman–Crippen LogP) is 4.86. The second-order valence-electron chi connectivity index (χ2n) is 11.9. The summed E-state index contributed by atoms with van der Waals surface area (Å²) in [4.78, 5) is 2.06. The van der Waals surface area contributed by atoms with Crippen molar-refractivity contribution in [2.24, 2.45) is 23.2 Å². The molecule has 1 saturated heterocycles. The number of nitrogens with zero attached hydrogens (tertiary/aromatic N) is 1. The molecule has 1 unspecified atom stereocenters. The summed E-state index contributed by atoms with van der Waals surface area (Å²) in [5.41, 5.74) is 1.47. The quantitative estimate of drug-likeness (QED) is 0.527. The van der Waals surface area contributed by atoms with Crippen LogP contribution < -0.4 is 0 Å². The van der Waals surface area contributed by atoms with Gasteiger partial charge in [-0.1, -0.05) is 38.2 Å². The molecule has 0 spiro atoms. The largest absolute Gasteiger partial charge is 0.393 e. The minimum absolute atomic E-state index is 0.0716. The van der Waals surface area contributed by atoms with Crippen LogP contribution in [0.5, 0.6) is 0 Å². The molecule has 6 heteroatoms. The Morgan fingerprint density at radius 1 is 1.18 bits per heavy atom. The zero-order valence-electron chi connectivity index (χ0n) is 20.9. The van der Waals surface area contributed by atoms with E-state index >= 15 is 0 Å². The van der Waals surface area contributed by atoms with Gasteiger partial charge in [0, 0.05) is 19.5 Å². The Kier molecular flexibility index (Phi) is 7.74. The number of aliphatic hydroxyl groups excluding tert-OH is 2. The van der Waals surface area contributed by atoms with E-state index in [9.17, 15) is 24.1 Å².